The minimum Gasteiger partial charge on any atom is -0.262 e. The Morgan fingerprint density at radius 1 is 1.38 bits per heavy atom. The molecule has 6 heteroatoms. The lowest BCUT2D eigenvalue weighted by molar-refractivity contribution is -0.503. The molecule has 1 aliphatic rings. The Labute approximate surface area is 91.4 Å². The predicted molar refractivity (Wildman–Crippen MR) is 57.8 cm³/mol. The zero-order valence-electron chi connectivity index (χ0n) is 8.53. The molecule has 1 aliphatic heterocycles. The van der Waals surface area contributed by atoms with E-state index in [0.29, 0.717) is 11.5 Å². The fraction of sp³-hybridized carbons (Fsp3) is 0.200. The molecule has 1 heterocycles. The number of benzene rings is 1. The number of aliphatic imine (C=N–C) groups is 1. The highest BCUT2D eigenvalue weighted by Crippen LogP contribution is 2.22. The van der Waals surface area contributed by atoms with Crippen LogP contribution in [0.5, 0.6) is 0 Å². The maximum Gasteiger partial charge on any atom is 0.372 e. The summed E-state index contributed by atoms with van der Waals surface area (Å²) in [4.78, 5) is 26.5. The maximum atomic E-state index is 11.3. The van der Waals surface area contributed by atoms with E-state index < -0.39 is 17.0 Å². The van der Waals surface area contributed by atoms with Crippen LogP contribution in [0.25, 0.3) is 0 Å². The van der Waals surface area contributed by atoms with E-state index >= 15 is 0 Å². The number of anilines is 1. The van der Waals surface area contributed by atoms with Gasteiger partial charge in [0.1, 0.15) is 5.84 Å². The third-order valence-electron chi connectivity index (χ3n) is 2.32. The van der Waals surface area contributed by atoms with Gasteiger partial charge in [-0.3, -0.25) is 19.8 Å². The number of hydrogen-bond acceptors (Lipinski definition) is 4. The van der Waals surface area contributed by atoms with Gasteiger partial charge in [-0.25, -0.2) is 0 Å². The zero-order chi connectivity index (χ0) is 11.7. The summed E-state index contributed by atoms with van der Waals surface area (Å²) >= 11 is 0. The normalized spacial score (nSPS) is 19.8. The van der Waals surface area contributed by atoms with E-state index in [0.717, 1.165) is 0 Å². The average molecular weight is 219 g/mol. The van der Waals surface area contributed by atoms with E-state index in [9.17, 15) is 14.9 Å². The Hall–Kier alpha value is -2.24. The highest BCUT2D eigenvalue weighted by Gasteiger charge is 2.43. The Morgan fingerprint density at radius 3 is 2.56 bits per heavy atom. The zero-order valence-corrected chi connectivity index (χ0v) is 8.53. The summed E-state index contributed by atoms with van der Waals surface area (Å²) in [6.45, 7) is 1.58. The second-order valence-electron chi connectivity index (χ2n) is 3.36. The highest BCUT2D eigenvalue weighted by atomic mass is 16.6. The number of nitrogens with zero attached hydrogens (tertiary/aromatic N) is 3. The molecular formula is C10H9N3O3. The number of nitro groups is 1. The molecule has 0 fully saturated rings. The van der Waals surface area contributed by atoms with Crippen molar-refractivity contribution in [2.45, 2.75) is 13.1 Å². The third kappa shape index (κ3) is 1.54. The van der Waals surface area contributed by atoms with E-state index in [4.69, 9.17) is 0 Å². The van der Waals surface area contributed by atoms with Crippen molar-refractivity contribution in [1.82, 2.24) is 0 Å². The van der Waals surface area contributed by atoms with E-state index in [1.165, 1.54) is 4.90 Å². The fourth-order valence-electron chi connectivity index (χ4n) is 1.66. The lowest BCUT2D eigenvalue weighted by Crippen LogP contribution is -2.43. The molecule has 0 aromatic heterocycles. The van der Waals surface area contributed by atoms with Crippen molar-refractivity contribution in [3.8, 4) is 0 Å². The van der Waals surface area contributed by atoms with Crippen molar-refractivity contribution in [1.29, 1.82) is 0 Å². The minimum atomic E-state index is -1.43. The second-order valence-corrected chi connectivity index (χ2v) is 3.36. The molecule has 82 valence electrons. The van der Waals surface area contributed by atoms with Crippen LogP contribution in [-0.4, -0.2) is 22.8 Å². The molecule has 0 bridgehead atoms. The van der Waals surface area contributed by atoms with Gasteiger partial charge in [-0.05, 0) is 19.1 Å². The van der Waals surface area contributed by atoms with Crippen LogP contribution in [0.2, 0.25) is 0 Å². The smallest absolute Gasteiger partial charge is 0.262 e. The molecule has 0 saturated carbocycles. The quantitative estimate of drug-likeness (QED) is 0.550. The van der Waals surface area contributed by atoms with Gasteiger partial charge in [0.05, 0.1) is 4.92 Å². The SMILES string of the molecule is CC1=NC(=O)[C@H]([N+](=O)[O-])N1c1ccccc1. The van der Waals surface area contributed by atoms with E-state index in [1.54, 1.807) is 37.3 Å². The molecule has 1 amide bonds. The topological polar surface area (TPSA) is 75.8 Å². The Morgan fingerprint density at radius 2 is 2.00 bits per heavy atom. The van der Waals surface area contributed by atoms with Gasteiger partial charge in [0.2, 0.25) is 0 Å². The number of amidine groups is 1. The van der Waals surface area contributed by atoms with E-state index in [1.807, 2.05) is 0 Å². The highest BCUT2D eigenvalue weighted by molar-refractivity contribution is 6.12. The average Bonchev–Trinajstić information content (AvgIpc) is 2.55. The first-order chi connectivity index (χ1) is 7.61. The molecule has 0 radical (unpaired) electrons. The summed E-state index contributed by atoms with van der Waals surface area (Å²) in [6.07, 6.45) is -1.43. The van der Waals surface area contributed by atoms with E-state index in [-0.39, 0.29) is 0 Å². The first-order valence-electron chi connectivity index (χ1n) is 4.68. The molecule has 2 rings (SSSR count). The lowest BCUT2D eigenvalue weighted by Gasteiger charge is -2.19. The maximum absolute atomic E-state index is 11.3. The number of carbonyl (C=O) groups is 1. The number of para-hydroxylation sites is 1. The van der Waals surface area contributed by atoms with Gasteiger partial charge in [0.25, 0.3) is 0 Å². The lowest BCUT2D eigenvalue weighted by atomic mass is 10.2. The van der Waals surface area contributed by atoms with Crippen molar-refractivity contribution in [3.63, 3.8) is 0 Å². The van der Waals surface area contributed by atoms with Gasteiger partial charge in [0.15, 0.2) is 0 Å². The molecule has 1 atom stereocenters. The minimum absolute atomic E-state index is 0.345. The Balaban J connectivity index is 2.43. The molecule has 6 nitrogen and oxygen atoms in total. The molecule has 0 unspecified atom stereocenters. The van der Waals surface area contributed by atoms with Crippen molar-refractivity contribution in [2.24, 2.45) is 4.99 Å². The third-order valence-corrected chi connectivity index (χ3v) is 2.32. The molecule has 1 aromatic rings. The van der Waals surface area contributed by atoms with Crippen molar-refractivity contribution >= 4 is 17.4 Å². The Bertz CT molecular complexity index is 469. The van der Waals surface area contributed by atoms with Crippen LogP contribution in [0.1, 0.15) is 6.92 Å². The molecule has 16 heavy (non-hydrogen) atoms. The van der Waals surface area contributed by atoms with Crippen LogP contribution in [0.4, 0.5) is 5.69 Å². The summed E-state index contributed by atoms with van der Waals surface area (Å²) in [5.41, 5.74) is 0.594. The molecule has 0 saturated heterocycles. The van der Waals surface area contributed by atoms with Gasteiger partial charge in [-0.1, -0.05) is 18.2 Å². The number of rotatable bonds is 2. The summed E-state index contributed by atoms with van der Waals surface area (Å²) in [6, 6.07) is 8.71. The first kappa shape index (κ1) is 10.3. The summed E-state index contributed by atoms with van der Waals surface area (Å²) in [5, 5.41) is 10.8. The van der Waals surface area contributed by atoms with Crippen molar-refractivity contribution < 1.29 is 9.72 Å². The van der Waals surface area contributed by atoms with E-state index in [2.05, 4.69) is 4.99 Å². The number of hydrogen-bond donors (Lipinski definition) is 0. The summed E-state index contributed by atoms with van der Waals surface area (Å²) < 4.78 is 0. The molecular weight excluding hydrogens is 210 g/mol. The first-order valence-corrected chi connectivity index (χ1v) is 4.68. The van der Waals surface area contributed by atoms with Crippen LogP contribution in [0, 0.1) is 10.1 Å². The summed E-state index contributed by atoms with van der Waals surface area (Å²) in [7, 11) is 0. The van der Waals surface area contributed by atoms with Gasteiger partial charge >= 0.3 is 12.1 Å². The van der Waals surface area contributed by atoms with Crippen LogP contribution in [-0.2, 0) is 4.79 Å². The molecule has 1 aromatic carbocycles. The van der Waals surface area contributed by atoms with Crippen LogP contribution >= 0.6 is 0 Å². The molecule has 0 spiro atoms. The van der Waals surface area contributed by atoms with Gasteiger partial charge in [-0.15, -0.1) is 0 Å². The number of carbonyl (C=O) groups excluding carboxylic acids is 1. The fourth-order valence-corrected chi connectivity index (χ4v) is 1.66. The largest absolute Gasteiger partial charge is 0.372 e. The van der Waals surface area contributed by atoms with Crippen LogP contribution in [0.3, 0.4) is 0 Å². The van der Waals surface area contributed by atoms with Crippen LogP contribution in [0.15, 0.2) is 35.3 Å². The number of amides is 1. The van der Waals surface area contributed by atoms with Gasteiger partial charge < -0.3 is 0 Å². The van der Waals surface area contributed by atoms with Gasteiger partial charge in [-0.2, -0.15) is 4.99 Å². The predicted octanol–water partition coefficient (Wildman–Crippen LogP) is 1.05. The standard InChI is InChI=1S/C10H9N3O3/c1-7-11-9(14)10(13(15)16)12(7)8-5-3-2-4-6-8/h2-6,10H,1H3/t10-/m0/s1. The van der Waals surface area contributed by atoms with Crippen LogP contribution < -0.4 is 4.90 Å². The molecule has 0 N–H and O–H groups in total. The molecule has 0 aliphatic carbocycles. The monoisotopic (exact) mass is 219 g/mol. The second kappa shape index (κ2) is 3.73. The van der Waals surface area contributed by atoms with Crippen molar-refractivity contribution in [2.75, 3.05) is 4.90 Å². The Kier molecular flexibility index (Phi) is 2.40. The van der Waals surface area contributed by atoms with Crippen molar-refractivity contribution in [3.05, 3.63) is 40.4 Å². The summed E-state index contributed by atoms with van der Waals surface area (Å²) in [5.74, 6) is -0.385. The van der Waals surface area contributed by atoms with Gasteiger partial charge in [0, 0.05) is 5.69 Å².